The quantitative estimate of drug-likeness (QED) is 0.755. The number of halogens is 1. The Labute approximate surface area is 97.4 Å². The molecule has 1 aliphatic heterocycles. The van der Waals surface area contributed by atoms with Crippen molar-refractivity contribution in [2.45, 2.75) is 6.04 Å². The lowest BCUT2D eigenvalue weighted by molar-refractivity contribution is 0.0739. The fourth-order valence-electron chi connectivity index (χ4n) is 1.88. The highest BCUT2D eigenvalue weighted by Crippen LogP contribution is 2.19. The Morgan fingerprint density at radius 1 is 1.44 bits per heavy atom. The van der Waals surface area contributed by atoms with Crippen molar-refractivity contribution >= 4 is 17.2 Å². The largest absolute Gasteiger partial charge is 0.378 e. The average Bonchev–Trinajstić information content (AvgIpc) is 2.75. The third-order valence-corrected chi connectivity index (χ3v) is 2.93. The Bertz CT molecular complexity index is 506. The molecule has 2 aromatic heterocycles. The maximum atomic E-state index is 6.14. The molecule has 0 amide bonds. The van der Waals surface area contributed by atoms with E-state index in [1.165, 1.54) is 0 Å². The summed E-state index contributed by atoms with van der Waals surface area (Å²) in [6.45, 7) is 2.16. The molecule has 0 bridgehead atoms. The number of morpholine rings is 1. The van der Waals surface area contributed by atoms with Crippen LogP contribution in [0.15, 0.2) is 18.2 Å². The van der Waals surface area contributed by atoms with Gasteiger partial charge in [0.2, 0.25) is 0 Å². The van der Waals surface area contributed by atoms with E-state index in [4.69, 9.17) is 16.3 Å². The van der Waals surface area contributed by atoms with Gasteiger partial charge in [0.05, 0.1) is 19.3 Å². The predicted octanol–water partition coefficient (Wildman–Crippen LogP) is 1.04. The number of hydrogen-bond donors (Lipinski definition) is 1. The zero-order valence-corrected chi connectivity index (χ0v) is 9.31. The topological polar surface area (TPSA) is 51.5 Å². The molecule has 3 heterocycles. The van der Waals surface area contributed by atoms with Crippen molar-refractivity contribution in [3.63, 3.8) is 0 Å². The molecule has 0 spiro atoms. The molecule has 84 valence electrons. The van der Waals surface area contributed by atoms with Crippen molar-refractivity contribution in [1.82, 2.24) is 19.9 Å². The van der Waals surface area contributed by atoms with E-state index >= 15 is 0 Å². The maximum absolute atomic E-state index is 6.14. The van der Waals surface area contributed by atoms with Crippen LogP contribution in [0.4, 0.5) is 0 Å². The van der Waals surface area contributed by atoms with Crippen LogP contribution in [0, 0.1) is 0 Å². The van der Waals surface area contributed by atoms with Crippen LogP contribution in [0.2, 0.25) is 5.15 Å². The van der Waals surface area contributed by atoms with E-state index in [2.05, 4.69) is 15.5 Å². The highest BCUT2D eigenvalue weighted by atomic mass is 35.5. The van der Waals surface area contributed by atoms with Gasteiger partial charge in [-0.15, -0.1) is 10.2 Å². The van der Waals surface area contributed by atoms with Gasteiger partial charge in [-0.25, -0.2) is 0 Å². The minimum absolute atomic E-state index is 0.0589. The number of nitrogens with zero attached hydrogens (tertiary/aromatic N) is 3. The van der Waals surface area contributed by atoms with Gasteiger partial charge in [0.25, 0.3) is 0 Å². The Morgan fingerprint density at radius 3 is 3.19 bits per heavy atom. The third-order valence-electron chi connectivity index (χ3n) is 2.64. The molecule has 0 saturated carbocycles. The molecule has 3 rings (SSSR count). The van der Waals surface area contributed by atoms with Gasteiger partial charge in [-0.2, -0.15) is 0 Å². The predicted molar refractivity (Wildman–Crippen MR) is 59.6 cm³/mol. The molecule has 5 nitrogen and oxygen atoms in total. The van der Waals surface area contributed by atoms with Crippen molar-refractivity contribution in [3.05, 3.63) is 29.2 Å². The van der Waals surface area contributed by atoms with Gasteiger partial charge in [0.1, 0.15) is 5.15 Å². The Morgan fingerprint density at radius 2 is 2.38 bits per heavy atom. The Balaban J connectivity index is 2.09. The minimum atomic E-state index is 0.0589. The van der Waals surface area contributed by atoms with Gasteiger partial charge in [-0.3, -0.25) is 4.40 Å². The minimum Gasteiger partial charge on any atom is -0.378 e. The molecular weight excluding hydrogens is 228 g/mol. The van der Waals surface area contributed by atoms with Crippen molar-refractivity contribution in [1.29, 1.82) is 0 Å². The summed E-state index contributed by atoms with van der Waals surface area (Å²) < 4.78 is 7.25. The summed E-state index contributed by atoms with van der Waals surface area (Å²) in [7, 11) is 0. The molecule has 6 heteroatoms. The summed E-state index contributed by atoms with van der Waals surface area (Å²) in [6.07, 6.45) is 0. The smallest absolute Gasteiger partial charge is 0.161 e. The van der Waals surface area contributed by atoms with Crippen LogP contribution in [-0.4, -0.2) is 34.4 Å². The number of fused-ring (bicyclic) bond motifs is 1. The standard InChI is InChI=1S/C10H11ClN4O/c11-8-2-1-3-9-13-14-10(15(8)9)7-6-16-5-4-12-7/h1-3,7,12H,4-6H2. The zero-order chi connectivity index (χ0) is 11.0. The highest BCUT2D eigenvalue weighted by Gasteiger charge is 2.21. The fourth-order valence-corrected chi connectivity index (χ4v) is 2.13. The molecule has 1 N–H and O–H groups in total. The second-order valence-corrected chi connectivity index (χ2v) is 4.07. The normalized spacial score (nSPS) is 21.4. The van der Waals surface area contributed by atoms with Gasteiger partial charge in [-0.1, -0.05) is 17.7 Å². The summed E-state index contributed by atoms with van der Waals surface area (Å²) in [4.78, 5) is 0. The number of ether oxygens (including phenoxy) is 1. The molecular formula is C10H11ClN4O. The summed E-state index contributed by atoms with van der Waals surface area (Å²) in [5, 5.41) is 12.2. The molecule has 2 aromatic rings. The molecule has 16 heavy (non-hydrogen) atoms. The summed E-state index contributed by atoms with van der Waals surface area (Å²) in [5.74, 6) is 0.806. The van der Waals surface area contributed by atoms with E-state index in [0.29, 0.717) is 11.8 Å². The van der Waals surface area contributed by atoms with Gasteiger partial charge in [0, 0.05) is 6.54 Å². The number of nitrogens with one attached hydrogen (secondary N) is 1. The monoisotopic (exact) mass is 238 g/mol. The molecule has 1 saturated heterocycles. The first-order chi connectivity index (χ1) is 7.86. The Kier molecular flexibility index (Phi) is 2.51. The van der Waals surface area contributed by atoms with Crippen LogP contribution < -0.4 is 5.32 Å². The van der Waals surface area contributed by atoms with Crippen LogP contribution in [0.3, 0.4) is 0 Å². The maximum Gasteiger partial charge on any atom is 0.161 e. The van der Waals surface area contributed by atoms with Crippen molar-refractivity contribution < 1.29 is 4.74 Å². The van der Waals surface area contributed by atoms with E-state index in [1.54, 1.807) is 0 Å². The average molecular weight is 239 g/mol. The summed E-state index contributed by atoms with van der Waals surface area (Å²) in [6, 6.07) is 5.63. The molecule has 0 aliphatic carbocycles. The molecule has 0 radical (unpaired) electrons. The van der Waals surface area contributed by atoms with Crippen molar-refractivity contribution in [2.75, 3.05) is 19.8 Å². The second kappa shape index (κ2) is 4.01. The van der Waals surface area contributed by atoms with Gasteiger partial charge < -0.3 is 10.1 Å². The van der Waals surface area contributed by atoms with Crippen molar-refractivity contribution in [3.8, 4) is 0 Å². The van der Waals surface area contributed by atoms with Crippen molar-refractivity contribution in [2.24, 2.45) is 0 Å². The third kappa shape index (κ3) is 1.57. The molecule has 1 unspecified atom stereocenters. The van der Waals surface area contributed by atoms with Crippen LogP contribution >= 0.6 is 11.6 Å². The van der Waals surface area contributed by atoms with Crippen LogP contribution in [0.5, 0.6) is 0 Å². The first-order valence-corrected chi connectivity index (χ1v) is 5.55. The zero-order valence-electron chi connectivity index (χ0n) is 8.56. The van der Waals surface area contributed by atoms with Crippen LogP contribution in [0.1, 0.15) is 11.9 Å². The first kappa shape index (κ1) is 10.0. The van der Waals surface area contributed by atoms with E-state index < -0.39 is 0 Å². The Hall–Kier alpha value is -1.17. The summed E-state index contributed by atoms with van der Waals surface area (Å²) in [5.41, 5.74) is 0.759. The van der Waals surface area contributed by atoms with Gasteiger partial charge in [0.15, 0.2) is 11.5 Å². The summed E-state index contributed by atoms with van der Waals surface area (Å²) >= 11 is 6.14. The molecule has 1 atom stereocenters. The van der Waals surface area contributed by atoms with E-state index in [1.807, 2.05) is 22.6 Å². The first-order valence-electron chi connectivity index (χ1n) is 5.17. The van der Waals surface area contributed by atoms with Crippen LogP contribution in [-0.2, 0) is 4.74 Å². The molecule has 0 aromatic carbocycles. The number of rotatable bonds is 1. The number of pyridine rings is 1. The number of hydrogen-bond acceptors (Lipinski definition) is 4. The van der Waals surface area contributed by atoms with Crippen LogP contribution in [0.25, 0.3) is 5.65 Å². The van der Waals surface area contributed by atoms with Gasteiger partial charge >= 0.3 is 0 Å². The lowest BCUT2D eigenvalue weighted by atomic mass is 10.2. The van der Waals surface area contributed by atoms with E-state index in [-0.39, 0.29) is 6.04 Å². The highest BCUT2D eigenvalue weighted by molar-refractivity contribution is 6.29. The number of aromatic nitrogens is 3. The van der Waals surface area contributed by atoms with E-state index in [9.17, 15) is 0 Å². The lowest BCUT2D eigenvalue weighted by Crippen LogP contribution is -2.35. The SMILES string of the molecule is Clc1cccc2nnc(C3COCCN3)n12. The van der Waals surface area contributed by atoms with E-state index in [0.717, 1.165) is 24.6 Å². The molecule has 1 fully saturated rings. The molecule has 1 aliphatic rings. The second-order valence-electron chi connectivity index (χ2n) is 3.68. The lowest BCUT2D eigenvalue weighted by Gasteiger charge is -2.22. The van der Waals surface area contributed by atoms with Gasteiger partial charge in [-0.05, 0) is 12.1 Å². The fraction of sp³-hybridized carbons (Fsp3) is 0.400.